The molecule has 0 unspecified atom stereocenters. The van der Waals surface area contributed by atoms with Crippen LogP contribution in [0.5, 0.6) is 5.88 Å². The van der Waals surface area contributed by atoms with Crippen molar-refractivity contribution in [1.82, 2.24) is 19.3 Å². The fourth-order valence-electron chi connectivity index (χ4n) is 2.35. The van der Waals surface area contributed by atoms with Gasteiger partial charge in [-0.05, 0) is 25.9 Å². The lowest BCUT2D eigenvalue weighted by molar-refractivity contribution is 0.233. The van der Waals surface area contributed by atoms with Crippen LogP contribution in [0.4, 0.5) is 5.82 Å². The van der Waals surface area contributed by atoms with Crippen molar-refractivity contribution in [2.75, 3.05) is 31.7 Å². The topological polar surface area (TPSA) is 80.7 Å². The van der Waals surface area contributed by atoms with Crippen LogP contribution in [0.2, 0.25) is 0 Å². The predicted molar refractivity (Wildman–Crippen MR) is 72.0 cm³/mol. The van der Waals surface area contributed by atoms with Gasteiger partial charge < -0.3 is 10.2 Å². The number of ether oxygens (including phenoxy) is 1. The second-order valence-electron chi connectivity index (χ2n) is 4.63. The summed E-state index contributed by atoms with van der Waals surface area (Å²) in [5.74, 6) is 6.47. The lowest BCUT2D eigenvalue weighted by Crippen LogP contribution is -2.25. The molecule has 7 nitrogen and oxygen atoms in total. The van der Waals surface area contributed by atoms with Gasteiger partial charge in [-0.2, -0.15) is 4.98 Å². The molecule has 102 valence electrons. The highest BCUT2D eigenvalue weighted by Gasteiger charge is 2.12. The second-order valence-corrected chi connectivity index (χ2v) is 4.63. The Balaban J connectivity index is 1.70. The van der Waals surface area contributed by atoms with E-state index in [1.54, 1.807) is 12.4 Å². The number of nitrogens with one attached hydrogen (secondary N) is 1. The molecule has 0 saturated carbocycles. The van der Waals surface area contributed by atoms with Crippen LogP contribution in [0.25, 0.3) is 5.65 Å². The average molecular weight is 262 g/mol. The molecule has 7 heteroatoms. The largest absolute Gasteiger partial charge is 0.474 e. The molecule has 1 aliphatic rings. The smallest absolute Gasteiger partial charge is 0.260 e. The van der Waals surface area contributed by atoms with Gasteiger partial charge in [0.1, 0.15) is 6.61 Å². The van der Waals surface area contributed by atoms with Crippen molar-refractivity contribution in [3.63, 3.8) is 0 Å². The van der Waals surface area contributed by atoms with Crippen molar-refractivity contribution in [2.24, 2.45) is 5.84 Å². The molecular weight excluding hydrogens is 244 g/mol. The highest BCUT2D eigenvalue weighted by atomic mass is 16.5. The first-order valence-electron chi connectivity index (χ1n) is 6.52. The second kappa shape index (κ2) is 5.41. The van der Waals surface area contributed by atoms with Crippen molar-refractivity contribution in [3.05, 3.63) is 18.6 Å². The van der Waals surface area contributed by atoms with Gasteiger partial charge >= 0.3 is 0 Å². The van der Waals surface area contributed by atoms with Crippen LogP contribution < -0.4 is 16.0 Å². The standard InChI is InChI=1S/C12H18N6O/c13-16-10-9-18-6-3-14-11(18)12(15-10)19-8-7-17-4-1-2-5-17/h3,6,9,16H,1-2,4-5,7-8,13H2. The van der Waals surface area contributed by atoms with Gasteiger partial charge in [0, 0.05) is 18.9 Å². The molecule has 19 heavy (non-hydrogen) atoms. The number of imidazole rings is 1. The Morgan fingerprint density at radius 2 is 2.21 bits per heavy atom. The molecule has 0 aromatic carbocycles. The molecule has 0 bridgehead atoms. The minimum Gasteiger partial charge on any atom is -0.474 e. The molecule has 0 atom stereocenters. The van der Waals surface area contributed by atoms with E-state index in [2.05, 4.69) is 20.3 Å². The third kappa shape index (κ3) is 2.61. The fraction of sp³-hybridized carbons (Fsp3) is 0.500. The van der Waals surface area contributed by atoms with Crippen molar-refractivity contribution in [1.29, 1.82) is 0 Å². The Morgan fingerprint density at radius 3 is 3.00 bits per heavy atom. The fourth-order valence-corrected chi connectivity index (χ4v) is 2.35. The number of aromatic nitrogens is 3. The molecule has 1 aliphatic heterocycles. The van der Waals surface area contributed by atoms with Gasteiger partial charge in [0.05, 0.1) is 6.20 Å². The van der Waals surface area contributed by atoms with E-state index in [4.69, 9.17) is 10.6 Å². The number of hydrazine groups is 1. The van der Waals surface area contributed by atoms with Crippen molar-refractivity contribution in [3.8, 4) is 5.88 Å². The summed E-state index contributed by atoms with van der Waals surface area (Å²) in [5, 5.41) is 0. The summed E-state index contributed by atoms with van der Waals surface area (Å²) >= 11 is 0. The summed E-state index contributed by atoms with van der Waals surface area (Å²) in [7, 11) is 0. The lowest BCUT2D eigenvalue weighted by Gasteiger charge is -2.15. The maximum Gasteiger partial charge on any atom is 0.260 e. The molecular formula is C12H18N6O. The molecule has 1 fully saturated rings. The number of fused-ring (bicyclic) bond motifs is 1. The number of hydrogen-bond acceptors (Lipinski definition) is 6. The molecule has 1 saturated heterocycles. The minimum atomic E-state index is 0.514. The van der Waals surface area contributed by atoms with Crippen LogP contribution in [0.15, 0.2) is 18.6 Å². The van der Waals surface area contributed by atoms with Crippen LogP contribution in [-0.2, 0) is 0 Å². The number of likely N-dealkylation sites (tertiary alicyclic amines) is 1. The van der Waals surface area contributed by atoms with Crippen molar-refractivity contribution >= 4 is 11.5 Å². The molecule has 0 spiro atoms. The van der Waals surface area contributed by atoms with Gasteiger partial charge in [0.2, 0.25) is 5.65 Å². The van der Waals surface area contributed by atoms with E-state index < -0.39 is 0 Å². The molecule has 2 aromatic heterocycles. The van der Waals surface area contributed by atoms with E-state index in [9.17, 15) is 0 Å². The van der Waals surface area contributed by atoms with Gasteiger partial charge in [-0.25, -0.2) is 10.8 Å². The van der Waals surface area contributed by atoms with Crippen LogP contribution in [0.1, 0.15) is 12.8 Å². The maximum atomic E-state index is 5.75. The van der Waals surface area contributed by atoms with E-state index in [1.165, 1.54) is 25.9 Å². The number of nitrogens with two attached hydrogens (primary N) is 1. The number of anilines is 1. The summed E-state index contributed by atoms with van der Waals surface area (Å²) in [6, 6.07) is 0. The van der Waals surface area contributed by atoms with Crippen molar-refractivity contribution in [2.45, 2.75) is 12.8 Å². The summed E-state index contributed by atoms with van der Waals surface area (Å²) < 4.78 is 7.59. The van der Waals surface area contributed by atoms with Crippen LogP contribution in [-0.4, -0.2) is 45.5 Å². The zero-order chi connectivity index (χ0) is 13.1. The number of hydrogen-bond donors (Lipinski definition) is 2. The first-order chi connectivity index (χ1) is 9.36. The summed E-state index contributed by atoms with van der Waals surface area (Å²) in [6.07, 6.45) is 7.90. The maximum absolute atomic E-state index is 5.75. The van der Waals surface area contributed by atoms with Crippen LogP contribution in [0.3, 0.4) is 0 Å². The summed E-state index contributed by atoms with van der Waals surface area (Å²) in [6.45, 7) is 3.87. The monoisotopic (exact) mass is 262 g/mol. The molecule has 0 amide bonds. The van der Waals surface area contributed by atoms with Gasteiger partial charge in [-0.3, -0.25) is 9.30 Å². The van der Waals surface area contributed by atoms with E-state index >= 15 is 0 Å². The normalized spacial score (nSPS) is 16.1. The number of nitrogens with zero attached hydrogens (tertiary/aromatic N) is 4. The van der Waals surface area contributed by atoms with Crippen molar-refractivity contribution < 1.29 is 4.74 Å². The Kier molecular flexibility index (Phi) is 3.47. The van der Waals surface area contributed by atoms with E-state index in [0.717, 1.165) is 6.54 Å². The zero-order valence-electron chi connectivity index (χ0n) is 10.7. The summed E-state index contributed by atoms with van der Waals surface area (Å²) in [5.41, 5.74) is 3.24. The molecule has 0 radical (unpaired) electrons. The first-order valence-corrected chi connectivity index (χ1v) is 6.52. The Hall–Kier alpha value is -1.86. The van der Waals surface area contributed by atoms with Crippen LogP contribution in [0, 0.1) is 0 Å². The van der Waals surface area contributed by atoms with Gasteiger partial charge in [0.15, 0.2) is 5.82 Å². The molecule has 3 N–H and O–H groups in total. The Labute approximate surface area is 111 Å². The predicted octanol–water partition coefficient (Wildman–Crippen LogP) is 0.489. The quantitative estimate of drug-likeness (QED) is 0.603. The minimum absolute atomic E-state index is 0.514. The van der Waals surface area contributed by atoms with Gasteiger partial charge in [-0.15, -0.1) is 0 Å². The zero-order valence-corrected chi connectivity index (χ0v) is 10.7. The SMILES string of the molecule is NNc1cn2ccnc2c(OCCN2CCCC2)n1. The third-order valence-corrected chi connectivity index (χ3v) is 3.34. The molecule has 3 rings (SSSR count). The first kappa shape index (κ1) is 12.2. The average Bonchev–Trinajstić information content (AvgIpc) is 3.08. The van der Waals surface area contributed by atoms with E-state index in [0.29, 0.717) is 24.0 Å². The molecule has 0 aliphatic carbocycles. The van der Waals surface area contributed by atoms with Gasteiger partial charge in [0.25, 0.3) is 5.88 Å². The number of rotatable bonds is 5. The Bertz CT molecular complexity index is 548. The van der Waals surface area contributed by atoms with Gasteiger partial charge in [-0.1, -0.05) is 0 Å². The van der Waals surface area contributed by atoms with E-state index in [1.807, 2.05) is 10.6 Å². The van der Waals surface area contributed by atoms with E-state index in [-0.39, 0.29) is 0 Å². The molecule has 3 heterocycles. The highest BCUT2D eigenvalue weighted by molar-refractivity contribution is 5.53. The molecule has 2 aromatic rings. The van der Waals surface area contributed by atoms with Crippen LogP contribution >= 0.6 is 0 Å². The number of nitrogen functional groups attached to an aromatic ring is 1. The third-order valence-electron chi connectivity index (χ3n) is 3.34. The Morgan fingerprint density at radius 1 is 1.37 bits per heavy atom. The highest BCUT2D eigenvalue weighted by Crippen LogP contribution is 2.18. The lowest BCUT2D eigenvalue weighted by atomic mass is 10.4. The summed E-state index contributed by atoms with van der Waals surface area (Å²) in [4.78, 5) is 10.9.